The highest BCUT2D eigenvalue weighted by Crippen LogP contribution is 2.28. The zero-order chi connectivity index (χ0) is 19.8. The normalized spacial score (nSPS) is 17.8. The molecule has 1 aromatic rings. The maximum Gasteiger partial charge on any atom is 0.227 e. The first-order valence-electron chi connectivity index (χ1n) is 10.3. The predicted octanol–water partition coefficient (Wildman–Crippen LogP) is 2.27. The lowest BCUT2D eigenvalue weighted by atomic mass is 10.2. The van der Waals surface area contributed by atoms with Gasteiger partial charge < -0.3 is 25.4 Å². The Morgan fingerprint density at radius 2 is 2.07 bits per heavy atom. The van der Waals surface area contributed by atoms with Crippen molar-refractivity contribution >= 4 is 41.5 Å². The number of rotatable bonds is 10. The van der Waals surface area contributed by atoms with Gasteiger partial charge in [-0.2, -0.15) is 0 Å². The van der Waals surface area contributed by atoms with Gasteiger partial charge in [-0.3, -0.25) is 4.79 Å². The second kappa shape index (κ2) is 12.3. The number of benzene rings is 1. The van der Waals surface area contributed by atoms with Crippen molar-refractivity contribution in [2.24, 2.45) is 10.9 Å². The molecule has 1 aromatic carbocycles. The highest BCUT2D eigenvalue weighted by molar-refractivity contribution is 14.0. The highest BCUT2D eigenvalue weighted by Gasteiger charge is 2.22. The van der Waals surface area contributed by atoms with Gasteiger partial charge in [-0.05, 0) is 49.8 Å². The van der Waals surface area contributed by atoms with Gasteiger partial charge in [0.25, 0.3) is 0 Å². The van der Waals surface area contributed by atoms with E-state index in [4.69, 9.17) is 4.74 Å². The van der Waals surface area contributed by atoms with E-state index in [-0.39, 0.29) is 29.9 Å². The SMILES string of the molecule is CCNC(=NCc1ccc(N2CCCC2=O)cc1)NCC(O)COCC1CC1.I. The number of amides is 1. The lowest BCUT2D eigenvalue weighted by Crippen LogP contribution is -2.42. The number of aliphatic imine (C=N–C) groups is 1. The van der Waals surface area contributed by atoms with Crippen molar-refractivity contribution < 1.29 is 14.6 Å². The monoisotopic (exact) mass is 516 g/mol. The maximum absolute atomic E-state index is 11.8. The number of hydrogen-bond donors (Lipinski definition) is 3. The molecule has 1 heterocycles. The lowest BCUT2D eigenvalue weighted by molar-refractivity contribution is -0.117. The van der Waals surface area contributed by atoms with E-state index < -0.39 is 6.10 Å². The van der Waals surface area contributed by atoms with Crippen molar-refractivity contribution in [1.82, 2.24) is 10.6 Å². The number of anilines is 1. The Labute approximate surface area is 190 Å². The third-order valence-electron chi connectivity index (χ3n) is 4.95. The van der Waals surface area contributed by atoms with Gasteiger partial charge in [0.15, 0.2) is 5.96 Å². The fraction of sp³-hybridized carbons (Fsp3) is 0.619. The van der Waals surface area contributed by atoms with Crippen molar-refractivity contribution in [3.05, 3.63) is 29.8 Å². The van der Waals surface area contributed by atoms with Gasteiger partial charge in [-0.1, -0.05) is 12.1 Å². The summed E-state index contributed by atoms with van der Waals surface area (Å²) in [7, 11) is 0. The Morgan fingerprint density at radius 1 is 1.31 bits per heavy atom. The predicted molar refractivity (Wildman–Crippen MR) is 126 cm³/mol. The molecule has 7 nitrogen and oxygen atoms in total. The molecule has 1 aliphatic carbocycles. The van der Waals surface area contributed by atoms with E-state index in [1.54, 1.807) is 0 Å². The Kier molecular flexibility index (Phi) is 10.2. The van der Waals surface area contributed by atoms with Crippen LogP contribution in [0.15, 0.2) is 29.3 Å². The first kappa shape index (κ1) is 23.9. The third-order valence-corrected chi connectivity index (χ3v) is 4.95. The number of ether oxygens (including phenoxy) is 1. The van der Waals surface area contributed by atoms with Gasteiger partial charge in [0.1, 0.15) is 0 Å². The van der Waals surface area contributed by atoms with Crippen LogP contribution in [0.5, 0.6) is 0 Å². The summed E-state index contributed by atoms with van der Waals surface area (Å²) in [6, 6.07) is 7.98. The first-order valence-corrected chi connectivity index (χ1v) is 10.3. The minimum Gasteiger partial charge on any atom is -0.389 e. The molecular weight excluding hydrogens is 483 g/mol. The molecule has 1 saturated carbocycles. The highest BCUT2D eigenvalue weighted by atomic mass is 127. The molecule has 0 radical (unpaired) electrons. The van der Waals surface area contributed by atoms with Crippen molar-refractivity contribution in [3.63, 3.8) is 0 Å². The number of hydrogen-bond acceptors (Lipinski definition) is 4. The Balaban J connectivity index is 0.00000300. The first-order chi connectivity index (χ1) is 13.7. The Hall–Kier alpha value is -1.39. The number of guanidine groups is 1. The molecule has 0 spiro atoms. The summed E-state index contributed by atoms with van der Waals surface area (Å²) in [6.07, 6.45) is 3.52. The molecule has 1 unspecified atom stereocenters. The summed E-state index contributed by atoms with van der Waals surface area (Å²) >= 11 is 0. The molecule has 1 aliphatic heterocycles. The lowest BCUT2D eigenvalue weighted by Gasteiger charge is -2.16. The summed E-state index contributed by atoms with van der Waals surface area (Å²) in [5.41, 5.74) is 2.02. The van der Waals surface area contributed by atoms with Crippen LogP contribution in [0.2, 0.25) is 0 Å². The molecule has 2 fully saturated rings. The topological polar surface area (TPSA) is 86.2 Å². The zero-order valence-electron chi connectivity index (χ0n) is 17.1. The second-order valence-electron chi connectivity index (χ2n) is 7.53. The van der Waals surface area contributed by atoms with Gasteiger partial charge in [0.05, 0.1) is 19.3 Å². The standard InChI is InChI=1S/C21H32N4O3.HI/c1-2-22-21(24-13-19(26)15-28-14-17-5-6-17)23-12-16-7-9-18(10-8-16)25-11-3-4-20(25)27;/h7-10,17,19,26H,2-6,11-15H2,1H3,(H2,22,23,24);1H. The number of carbonyl (C=O) groups is 1. The molecule has 0 bridgehead atoms. The molecule has 162 valence electrons. The average molecular weight is 516 g/mol. The van der Waals surface area contributed by atoms with E-state index in [9.17, 15) is 9.90 Å². The molecule has 1 atom stereocenters. The number of halogens is 1. The summed E-state index contributed by atoms with van der Waals surface area (Å²) in [5, 5.41) is 16.4. The molecular formula is C21H33IN4O3. The number of aliphatic hydroxyl groups is 1. The van der Waals surface area contributed by atoms with Gasteiger partial charge in [0.2, 0.25) is 5.91 Å². The van der Waals surface area contributed by atoms with E-state index in [0.29, 0.717) is 38.0 Å². The largest absolute Gasteiger partial charge is 0.389 e. The minimum atomic E-state index is -0.556. The van der Waals surface area contributed by atoms with Crippen LogP contribution < -0.4 is 15.5 Å². The van der Waals surface area contributed by atoms with Crippen LogP contribution in [-0.4, -0.2) is 55.9 Å². The molecule has 1 saturated heterocycles. The van der Waals surface area contributed by atoms with Crippen molar-refractivity contribution in [2.75, 3.05) is 37.7 Å². The van der Waals surface area contributed by atoms with Gasteiger partial charge in [-0.15, -0.1) is 24.0 Å². The number of aliphatic hydroxyl groups excluding tert-OH is 1. The molecule has 2 aliphatic rings. The maximum atomic E-state index is 11.8. The third kappa shape index (κ3) is 8.10. The van der Waals surface area contributed by atoms with Crippen LogP contribution in [0, 0.1) is 5.92 Å². The summed E-state index contributed by atoms with van der Waals surface area (Å²) in [4.78, 5) is 18.3. The van der Waals surface area contributed by atoms with Crippen molar-refractivity contribution in [1.29, 1.82) is 0 Å². The van der Waals surface area contributed by atoms with E-state index in [1.807, 2.05) is 36.1 Å². The van der Waals surface area contributed by atoms with Gasteiger partial charge in [0, 0.05) is 38.3 Å². The molecule has 0 aromatic heterocycles. The van der Waals surface area contributed by atoms with E-state index >= 15 is 0 Å². The number of nitrogens with one attached hydrogen (secondary N) is 2. The van der Waals surface area contributed by atoms with Gasteiger partial charge in [-0.25, -0.2) is 4.99 Å². The van der Waals surface area contributed by atoms with Crippen LogP contribution in [0.1, 0.15) is 38.2 Å². The summed E-state index contributed by atoms with van der Waals surface area (Å²) in [6.45, 7) is 5.58. The van der Waals surface area contributed by atoms with Crippen LogP contribution in [-0.2, 0) is 16.1 Å². The van der Waals surface area contributed by atoms with E-state index in [1.165, 1.54) is 12.8 Å². The molecule has 3 rings (SSSR count). The van der Waals surface area contributed by atoms with Crippen LogP contribution >= 0.6 is 24.0 Å². The smallest absolute Gasteiger partial charge is 0.227 e. The molecule has 3 N–H and O–H groups in total. The second-order valence-corrected chi connectivity index (χ2v) is 7.53. The zero-order valence-corrected chi connectivity index (χ0v) is 19.4. The van der Waals surface area contributed by atoms with Crippen molar-refractivity contribution in [3.8, 4) is 0 Å². The molecule has 8 heteroatoms. The Morgan fingerprint density at radius 3 is 2.69 bits per heavy atom. The molecule has 1 amide bonds. The quantitative estimate of drug-likeness (QED) is 0.253. The van der Waals surface area contributed by atoms with Gasteiger partial charge >= 0.3 is 0 Å². The fourth-order valence-corrected chi connectivity index (χ4v) is 3.14. The molecule has 29 heavy (non-hydrogen) atoms. The Bertz CT molecular complexity index is 664. The van der Waals surface area contributed by atoms with E-state index in [0.717, 1.165) is 37.4 Å². The van der Waals surface area contributed by atoms with Crippen molar-refractivity contribution in [2.45, 2.75) is 45.3 Å². The van der Waals surface area contributed by atoms with E-state index in [2.05, 4.69) is 15.6 Å². The fourth-order valence-electron chi connectivity index (χ4n) is 3.14. The number of carbonyl (C=O) groups excluding carboxylic acids is 1. The average Bonchev–Trinajstić information content (AvgIpc) is 3.43. The summed E-state index contributed by atoms with van der Waals surface area (Å²) < 4.78 is 5.52. The van der Waals surface area contributed by atoms with Crippen LogP contribution in [0.3, 0.4) is 0 Å². The van der Waals surface area contributed by atoms with Crippen LogP contribution in [0.25, 0.3) is 0 Å². The summed E-state index contributed by atoms with van der Waals surface area (Å²) in [5.74, 6) is 1.57. The minimum absolute atomic E-state index is 0. The van der Waals surface area contributed by atoms with Crippen LogP contribution in [0.4, 0.5) is 5.69 Å². The number of nitrogens with zero attached hydrogens (tertiary/aromatic N) is 2.